The van der Waals surface area contributed by atoms with Crippen molar-refractivity contribution in [3.63, 3.8) is 0 Å². The Hall–Kier alpha value is -3.21. The summed E-state index contributed by atoms with van der Waals surface area (Å²) in [5, 5.41) is 11.2. The van der Waals surface area contributed by atoms with Crippen molar-refractivity contribution in [1.82, 2.24) is 4.90 Å². The smallest absolute Gasteiger partial charge is 0.194 e. The van der Waals surface area contributed by atoms with Crippen molar-refractivity contribution >= 4 is 33.7 Å². The normalized spacial score (nSPS) is 11.8. The third kappa shape index (κ3) is 7.18. The molecule has 0 amide bonds. The molecule has 0 radical (unpaired) electrons. The number of benzene rings is 3. The van der Waals surface area contributed by atoms with Gasteiger partial charge < -0.3 is 19.2 Å². The van der Waals surface area contributed by atoms with E-state index in [1.54, 1.807) is 12.1 Å². The second-order valence-electron chi connectivity index (χ2n) is 8.46. The number of furan rings is 1. The van der Waals surface area contributed by atoms with Crippen molar-refractivity contribution < 1.29 is 14.3 Å². The van der Waals surface area contributed by atoms with E-state index in [0.29, 0.717) is 11.8 Å². The van der Waals surface area contributed by atoms with Gasteiger partial charge in [-0.25, -0.2) is 0 Å². The summed E-state index contributed by atoms with van der Waals surface area (Å²) in [6.07, 6.45) is 0.829. The van der Waals surface area contributed by atoms with Crippen LogP contribution in [0.15, 0.2) is 77.2 Å². The van der Waals surface area contributed by atoms with Crippen LogP contribution < -0.4 is 4.74 Å². The summed E-state index contributed by atoms with van der Waals surface area (Å²) in [4.78, 5) is 2.34. The van der Waals surface area contributed by atoms with Gasteiger partial charge in [-0.3, -0.25) is 0 Å². The lowest BCUT2D eigenvalue weighted by molar-refractivity contribution is 0.223. The van der Waals surface area contributed by atoms with Gasteiger partial charge >= 0.3 is 0 Å². The Morgan fingerprint density at radius 3 is 2.03 bits per heavy atom. The summed E-state index contributed by atoms with van der Waals surface area (Å²) in [6.45, 7) is 14.1. The van der Waals surface area contributed by atoms with Gasteiger partial charge in [-0.05, 0) is 95.3 Å². The molecule has 0 aliphatic rings. The first kappa shape index (κ1) is 28.4. The molecule has 0 unspecified atom stereocenters. The monoisotopic (exact) mass is 519 g/mol. The Labute approximate surface area is 226 Å². The molecule has 4 aromatic rings. The largest absolute Gasteiger partial charge is 0.508 e. The number of halogens is 1. The number of ether oxygens (including phenoxy) is 1. The fraction of sp³-hybridized carbons (Fsp3) is 0.312. The maximum atomic E-state index is 9.88. The predicted octanol–water partition coefficient (Wildman–Crippen LogP) is 8.91. The topological polar surface area (TPSA) is 45.8 Å². The summed E-state index contributed by atoms with van der Waals surface area (Å²) in [5.74, 6) is 1.11. The van der Waals surface area contributed by atoms with Crippen LogP contribution in [-0.4, -0.2) is 36.2 Å². The molecule has 3 aromatic carbocycles. The lowest BCUT2D eigenvalue weighted by Crippen LogP contribution is -2.27. The zero-order valence-electron chi connectivity index (χ0n) is 22.6. The average Bonchev–Trinajstić information content (AvgIpc) is 3.31. The van der Waals surface area contributed by atoms with Gasteiger partial charge in [-0.2, -0.15) is 0 Å². The number of likely N-dealkylation sites (N-methyl/N-ethyl adjacent to an activating group) is 1. The molecular weight excluding hydrogens is 482 g/mol. The molecule has 0 fully saturated rings. The van der Waals surface area contributed by atoms with Gasteiger partial charge in [0.25, 0.3) is 0 Å². The molecule has 0 aliphatic carbocycles. The maximum Gasteiger partial charge on any atom is 0.194 e. The van der Waals surface area contributed by atoms with Crippen LogP contribution in [0.5, 0.6) is 11.5 Å². The van der Waals surface area contributed by atoms with Crippen molar-refractivity contribution in [3.8, 4) is 11.5 Å². The number of rotatable bonds is 10. The van der Waals surface area contributed by atoms with Crippen LogP contribution in [0.2, 0.25) is 5.22 Å². The predicted molar refractivity (Wildman–Crippen MR) is 157 cm³/mol. The standard InChI is InChI=1S/C30H32ClNO3.C2H6/c1-4-27(23-11-16-28-24(19-23)20-29(31)35-28)30(21-7-12-25(33)13-8-21)22-9-14-26(15-10-22)34-18-17-32(5-2)6-3;1-2/h7-16,19-20,33H,4-6,17-18H2,1-3H3;1-2H3/b30-27-;. The Kier molecular flexibility index (Phi) is 10.7. The minimum Gasteiger partial charge on any atom is -0.508 e. The Morgan fingerprint density at radius 1 is 0.838 bits per heavy atom. The molecule has 4 nitrogen and oxygen atoms in total. The number of aromatic hydroxyl groups is 1. The fourth-order valence-electron chi connectivity index (χ4n) is 4.42. The van der Waals surface area contributed by atoms with Crippen LogP contribution in [0.3, 0.4) is 0 Å². The molecule has 0 spiro atoms. The number of hydrogen-bond acceptors (Lipinski definition) is 4. The summed E-state index contributed by atoms with van der Waals surface area (Å²) in [6, 6.07) is 23.7. The summed E-state index contributed by atoms with van der Waals surface area (Å²) in [5.41, 5.74) is 6.34. The SMILES string of the molecule is CC.CC/C(=C(\c1ccc(O)cc1)c1ccc(OCCN(CC)CC)cc1)c1ccc2oc(Cl)cc2c1. The molecule has 0 atom stereocenters. The molecule has 0 saturated carbocycles. The van der Waals surface area contributed by atoms with E-state index in [0.717, 1.165) is 65.0 Å². The quantitative estimate of drug-likeness (QED) is 0.212. The highest BCUT2D eigenvalue weighted by Gasteiger charge is 2.15. The molecule has 0 aliphatic heterocycles. The van der Waals surface area contributed by atoms with Gasteiger partial charge in [0.2, 0.25) is 0 Å². The maximum absolute atomic E-state index is 9.88. The molecule has 1 aromatic heterocycles. The van der Waals surface area contributed by atoms with Crippen molar-refractivity contribution in [2.45, 2.75) is 41.0 Å². The highest BCUT2D eigenvalue weighted by molar-refractivity contribution is 6.29. The molecule has 1 N–H and O–H groups in total. The van der Waals surface area contributed by atoms with Crippen LogP contribution in [0.4, 0.5) is 0 Å². The first-order chi connectivity index (χ1) is 18.0. The van der Waals surface area contributed by atoms with Crippen molar-refractivity contribution in [1.29, 1.82) is 0 Å². The average molecular weight is 520 g/mol. The van der Waals surface area contributed by atoms with E-state index < -0.39 is 0 Å². The molecule has 1 heterocycles. The van der Waals surface area contributed by atoms with Gasteiger partial charge in [0, 0.05) is 18.0 Å². The summed E-state index contributed by atoms with van der Waals surface area (Å²) in [7, 11) is 0. The zero-order valence-corrected chi connectivity index (χ0v) is 23.3. The van der Waals surface area contributed by atoms with Gasteiger partial charge in [-0.1, -0.05) is 65.0 Å². The second-order valence-corrected chi connectivity index (χ2v) is 8.83. The van der Waals surface area contributed by atoms with Crippen LogP contribution >= 0.6 is 11.6 Å². The van der Waals surface area contributed by atoms with Gasteiger partial charge in [0.1, 0.15) is 23.7 Å². The first-order valence-corrected chi connectivity index (χ1v) is 13.6. The fourth-order valence-corrected chi connectivity index (χ4v) is 4.62. The summed E-state index contributed by atoms with van der Waals surface area (Å²) >= 11 is 6.09. The van der Waals surface area contributed by atoms with E-state index >= 15 is 0 Å². The molecule has 0 saturated heterocycles. The first-order valence-electron chi connectivity index (χ1n) is 13.2. The van der Waals surface area contributed by atoms with E-state index in [2.05, 4.69) is 49.9 Å². The third-order valence-corrected chi connectivity index (χ3v) is 6.55. The Balaban J connectivity index is 0.00000186. The lowest BCUT2D eigenvalue weighted by atomic mass is 9.88. The van der Waals surface area contributed by atoms with E-state index in [-0.39, 0.29) is 5.75 Å². The van der Waals surface area contributed by atoms with Crippen molar-refractivity contribution in [2.24, 2.45) is 0 Å². The second kappa shape index (κ2) is 13.9. The minimum absolute atomic E-state index is 0.248. The number of allylic oxidation sites excluding steroid dienone is 1. The number of phenols is 1. The molecule has 196 valence electrons. The number of hydrogen-bond donors (Lipinski definition) is 1. The van der Waals surface area contributed by atoms with Crippen LogP contribution in [-0.2, 0) is 0 Å². The van der Waals surface area contributed by atoms with E-state index in [4.69, 9.17) is 20.8 Å². The lowest BCUT2D eigenvalue weighted by Gasteiger charge is -2.19. The van der Waals surface area contributed by atoms with Gasteiger partial charge in [0.15, 0.2) is 5.22 Å². The molecule has 4 rings (SSSR count). The molecular formula is C32H38ClNO3. The van der Waals surface area contributed by atoms with Crippen molar-refractivity contribution in [3.05, 3.63) is 94.7 Å². The highest BCUT2D eigenvalue weighted by atomic mass is 35.5. The minimum atomic E-state index is 0.248. The van der Waals surface area contributed by atoms with Crippen LogP contribution in [0.25, 0.3) is 22.1 Å². The van der Waals surface area contributed by atoms with E-state index in [1.807, 2.05) is 50.2 Å². The number of phenolic OH excluding ortho intramolecular Hbond substituents is 1. The summed E-state index contributed by atoms with van der Waals surface area (Å²) < 4.78 is 11.6. The molecule has 37 heavy (non-hydrogen) atoms. The third-order valence-electron chi connectivity index (χ3n) is 6.36. The Bertz CT molecular complexity index is 1290. The van der Waals surface area contributed by atoms with E-state index in [1.165, 1.54) is 5.57 Å². The number of nitrogens with zero attached hydrogens (tertiary/aromatic N) is 1. The van der Waals surface area contributed by atoms with Crippen LogP contribution in [0.1, 0.15) is 57.7 Å². The zero-order chi connectivity index (χ0) is 26.8. The molecule has 5 heteroatoms. The van der Waals surface area contributed by atoms with Crippen molar-refractivity contribution in [2.75, 3.05) is 26.2 Å². The van der Waals surface area contributed by atoms with Gasteiger partial charge in [0.05, 0.1) is 0 Å². The molecule has 0 bridgehead atoms. The van der Waals surface area contributed by atoms with Gasteiger partial charge in [-0.15, -0.1) is 0 Å². The highest BCUT2D eigenvalue weighted by Crippen LogP contribution is 2.37. The van der Waals surface area contributed by atoms with E-state index in [9.17, 15) is 5.11 Å². The number of fused-ring (bicyclic) bond motifs is 1. The van der Waals surface area contributed by atoms with Crippen LogP contribution in [0, 0.1) is 0 Å². The Morgan fingerprint density at radius 2 is 1.43 bits per heavy atom.